The van der Waals surface area contributed by atoms with Gasteiger partial charge in [0.1, 0.15) is 116 Å². The monoisotopic (exact) mass is 1060 g/mol. The summed E-state index contributed by atoms with van der Waals surface area (Å²) in [6.45, 7) is 7.65. The van der Waals surface area contributed by atoms with Crippen LogP contribution in [0.3, 0.4) is 0 Å². The lowest BCUT2D eigenvalue weighted by molar-refractivity contribution is -0.408. The first kappa shape index (κ1) is 60.2. The fraction of sp³-hybridized carbons (Fsp3) is 0.955. The average molecular weight is 1070 g/mol. The number of ether oxygens (including phenoxy) is 12. The van der Waals surface area contributed by atoms with Crippen molar-refractivity contribution in [1.29, 1.82) is 0 Å². The van der Waals surface area contributed by atoms with E-state index in [9.17, 15) is 76.0 Å². The predicted octanol–water partition coefficient (Wildman–Crippen LogP) is -8.02. The molecule has 30 atom stereocenters. The minimum atomic E-state index is -2.04. The molecule has 6 saturated heterocycles. The summed E-state index contributed by atoms with van der Waals surface area (Å²) in [7, 11) is 0. The summed E-state index contributed by atoms with van der Waals surface area (Å²) in [4.78, 5) is 24.9. The lowest BCUT2D eigenvalue weighted by atomic mass is 9.91. The Morgan fingerprint density at radius 1 is 0.411 bits per heavy atom. The SMILES string of the molecule is CCCO[C@@H]1OC(CO)[C@H](O)[C@H](O[C@@H]2OC(C)[C@H](O)[C@@H](O[C@@H]3OC(C)[C@H](O)[C@@H](O)C3O[C@@H]3OC(C)[C@H](O)[C@@H](O[C@H]4O[C@H](CO)[C@@H](O)C(O)C4O)C3O[C@@H]3OC(CO)[C@H](O)[C@H](O)C3NC(C)=O)C2C)C1NC(C)=O. The summed E-state index contributed by atoms with van der Waals surface area (Å²) in [5, 5.41) is 147. The van der Waals surface area contributed by atoms with E-state index in [2.05, 4.69) is 10.6 Å². The van der Waals surface area contributed by atoms with Gasteiger partial charge in [-0.25, -0.2) is 0 Å². The van der Waals surface area contributed by atoms with E-state index in [4.69, 9.17) is 56.8 Å². The van der Waals surface area contributed by atoms with Crippen LogP contribution in [0.15, 0.2) is 0 Å². The fourth-order valence-corrected chi connectivity index (χ4v) is 9.70. The molecule has 0 saturated carbocycles. The van der Waals surface area contributed by atoms with Crippen molar-refractivity contribution < 1.29 is 133 Å². The molecule has 6 heterocycles. The Hall–Kier alpha value is -2.06. The van der Waals surface area contributed by atoms with Crippen LogP contribution >= 0.6 is 0 Å². The molecular formula is C44H76N2O27. The molecule has 0 aromatic rings. The van der Waals surface area contributed by atoms with Gasteiger partial charge in [0.25, 0.3) is 0 Å². The molecule has 15 N–H and O–H groups in total. The predicted molar refractivity (Wildman–Crippen MR) is 235 cm³/mol. The van der Waals surface area contributed by atoms with Crippen molar-refractivity contribution in [3.8, 4) is 0 Å². The summed E-state index contributed by atoms with van der Waals surface area (Å²) in [6, 6.07) is -2.78. The van der Waals surface area contributed by atoms with Crippen LogP contribution in [0.25, 0.3) is 0 Å². The van der Waals surface area contributed by atoms with Gasteiger partial charge >= 0.3 is 0 Å². The molecule has 6 aliphatic rings. The first-order valence-corrected chi connectivity index (χ1v) is 24.5. The Kier molecular flexibility index (Phi) is 21.5. The molecule has 424 valence electrons. The zero-order valence-corrected chi connectivity index (χ0v) is 41.4. The lowest BCUT2D eigenvalue weighted by Gasteiger charge is -2.51. The summed E-state index contributed by atoms with van der Waals surface area (Å²) in [5.74, 6) is -2.30. The zero-order chi connectivity index (χ0) is 53.9. The Morgan fingerprint density at radius 3 is 1.42 bits per heavy atom. The van der Waals surface area contributed by atoms with E-state index in [-0.39, 0.29) is 6.61 Å². The summed E-state index contributed by atoms with van der Waals surface area (Å²) in [6.07, 6.45) is -43.8. The molecule has 6 rings (SSSR count). The fourth-order valence-electron chi connectivity index (χ4n) is 9.70. The largest absolute Gasteiger partial charge is 0.394 e. The molecule has 0 aliphatic carbocycles. The number of aliphatic hydroxyl groups excluding tert-OH is 13. The van der Waals surface area contributed by atoms with Crippen molar-refractivity contribution in [2.75, 3.05) is 26.4 Å². The maximum Gasteiger partial charge on any atom is 0.217 e. The molecular weight excluding hydrogens is 988 g/mol. The summed E-state index contributed by atoms with van der Waals surface area (Å²) < 4.78 is 73.0. The van der Waals surface area contributed by atoms with Crippen LogP contribution in [0, 0.1) is 5.92 Å². The van der Waals surface area contributed by atoms with Crippen molar-refractivity contribution in [2.24, 2.45) is 5.92 Å². The molecule has 0 radical (unpaired) electrons. The smallest absolute Gasteiger partial charge is 0.217 e. The van der Waals surface area contributed by atoms with Crippen LogP contribution in [-0.2, 0) is 66.4 Å². The third-order valence-corrected chi connectivity index (χ3v) is 13.9. The maximum atomic E-state index is 12.4. The Bertz CT molecular complexity index is 1750. The summed E-state index contributed by atoms with van der Waals surface area (Å²) >= 11 is 0. The standard InChI is InChI=1S/C44H76N2O27/c1-8-9-62-40-23(46-18(7)51)35(29(57)21(12-49)66-40)70-39-13(2)34(25(53)15(4)63-39)69-43-37(32(60)24(52)14(3)64-43)72-44-38(73-41-22(45-17(6)50)30(58)27(55)19(10-47)67-41)36(26(54)16(5)65-44)71-42-33(61)31(59)28(56)20(11-48)68-42/h13-16,19-44,47-49,52-61H,8-12H2,1-7H3,(H,45,50)(H,46,51)/t13?,14?,15?,16?,19?,20-,21?,22?,23?,24+,25+,26+,27+,28-,29+,30-,31?,32-,33?,34+,35-,36-,37?,38?,39+,40-,41+,42-,43+,44+/m1/s1. The second kappa shape index (κ2) is 26.1. The van der Waals surface area contributed by atoms with Gasteiger partial charge in [-0.3, -0.25) is 9.59 Å². The minimum absolute atomic E-state index is 0.175. The van der Waals surface area contributed by atoms with Gasteiger partial charge < -0.3 is 134 Å². The van der Waals surface area contributed by atoms with E-state index in [0.717, 1.165) is 6.92 Å². The number of aliphatic hydroxyl groups is 13. The highest BCUT2D eigenvalue weighted by Crippen LogP contribution is 2.39. The average Bonchev–Trinajstić information content (AvgIpc) is 3.34. The first-order valence-electron chi connectivity index (χ1n) is 24.5. The van der Waals surface area contributed by atoms with Gasteiger partial charge in [0.05, 0.1) is 44.2 Å². The molecule has 0 aromatic heterocycles. The van der Waals surface area contributed by atoms with Gasteiger partial charge in [-0.2, -0.15) is 0 Å². The minimum Gasteiger partial charge on any atom is -0.394 e. The maximum absolute atomic E-state index is 12.4. The molecule has 6 aliphatic heterocycles. The van der Waals surface area contributed by atoms with Crippen molar-refractivity contribution in [3.63, 3.8) is 0 Å². The van der Waals surface area contributed by atoms with E-state index in [1.54, 1.807) is 6.92 Å². The third kappa shape index (κ3) is 13.3. The van der Waals surface area contributed by atoms with Crippen molar-refractivity contribution in [2.45, 2.75) is 233 Å². The zero-order valence-electron chi connectivity index (χ0n) is 41.4. The molecule has 29 heteroatoms. The van der Waals surface area contributed by atoms with Crippen LogP contribution in [0.5, 0.6) is 0 Å². The second-order valence-corrected chi connectivity index (χ2v) is 19.4. The summed E-state index contributed by atoms with van der Waals surface area (Å²) in [5.41, 5.74) is 0. The molecule has 29 nitrogen and oxygen atoms in total. The highest BCUT2D eigenvalue weighted by molar-refractivity contribution is 5.73. The molecule has 0 bridgehead atoms. The van der Waals surface area contributed by atoms with Crippen LogP contribution in [0.1, 0.15) is 54.9 Å². The molecule has 73 heavy (non-hydrogen) atoms. The Balaban J connectivity index is 1.34. The number of hydrogen-bond donors (Lipinski definition) is 15. The van der Waals surface area contributed by atoms with Gasteiger partial charge in [0, 0.05) is 26.4 Å². The number of carbonyl (C=O) groups is 2. The highest BCUT2D eigenvalue weighted by Gasteiger charge is 2.58. The highest BCUT2D eigenvalue weighted by atomic mass is 16.8. The van der Waals surface area contributed by atoms with Gasteiger partial charge in [-0.15, -0.1) is 0 Å². The van der Waals surface area contributed by atoms with Gasteiger partial charge in [0.15, 0.2) is 37.7 Å². The number of rotatable bonds is 18. The van der Waals surface area contributed by atoms with E-state index < -0.39 is 216 Å². The quantitative estimate of drug-likeness (QED) is 0.0606. The second-order valence-electron chi connectivity index (χ2n) is 19.4. The van der Waals surface area contributed by atoms with Crippen molar-refractivity contribution in [1.82, 2.24) is 10.6 Å². The lowest BCUT2D eigenvalue weighted by Crippen LogP contribution is -2.69. The molecule has 2 amide bonds. The third-order valence-electron chi connectivity index (χ3n) is 13.9. The number of carbonyl (C=O) groups excluding carboxylic acids is 2. The van der Waals surface area contributed by atoms with Crippen LogP contribution in [0.2, 0.25) is 0 Å². The van der Waals surface area contributed by atoms with E-state index in [1.807, 2.05) is 6.92 Å². The van der Waals surface area contributed by atoms with Crippen LogP contribution in [-0.4, -0.2) is 283 Å². The topological polar surface area (TPSA) is 432 Å². The van der Waals surface area contributed by atoms with Crippen LogP contribution in [0.4, 0.5) is 0 Å². The number of hydrogen-bond acceptors (Lipinski definition) is 27. The normalized spacial score (nSPS) is 49.8. The van der Waals surface area contributed by atoms with Crippen LogP contribution < -0.4 is 10.6 Å². The van der Waals surface area contributed by atoms with E-state index >= 15 is 0 Å². The first-order chi connectivity index (χ1) is 34.5. The molecule has 12 unspecified atom stereocenters. The molecule has 6 fully saturated rings. The van der Waals surface area contributed by atoms with Gasteiger partial charge in [0.2, 0.25) is 11.8 Å². The van der Waals surface area contributed by atoms with E-state index in [1.165, 1.54) is 27.7 Å². The molecule has 0 spiro atoms. The number of nitrogens with one attached hydrogen (secondary N) is 2. The Morgan fingerprint density at radius 2 is 0.849 bits per heavy atom. The van der Waals surface area contributed by atoms with E-state index in [0.29, 0.717) is 6.42 Å². The van der Waals surface area contributed by atoms with Crippen molar-refractivity contribution in [3.05, 3.63) is 0 Å². The Labute approximate surface area is 420 Å². The number of amides is 2. The van der Waals surface area contributed by atoms with Gasteiger partial charge in [-0.05, 0) is 27.2 Å². The van der Waals surface area contributed by atoms with Gasteiger partial charge in [-0.1, -0.05) is 13.8 Å². The van der Waals surface area contributed by atoms with Crippen molar-refractivity contribution >= 4 is 11.8 Å². The molecule has 0 aromatic carbocycles.